The van der Waals surface area contributed by atoms with Gasteiger partial charge in [-0.1, -0.05) is 17.7 Å². The highest BCUT2D eigenvalue weighted by atomic mass is 35.5. The Balaban J connectivity index is 2.33. The molecule has 2 aromatic carbocycles. The maximum atomic E-state index is 9.55. The number of nitrogens with zero attached hydrogens (tertiary/aromatic N) is 2. The van der Waals surface area contributed by atoms with Gasteiger partial charge in [-0.05, 0) is 49.7 Å². The smallest absolute Gasteiger partial charge is 0.141 e. The van der Waals surface area contributed by atoms with Crippen molar-refractivity contribution in [3.8, 4) is 17.1 Å². The summed E-state index contributed by atoms with van der Waals surface area (Å²) in [5.41, 5.74) is 3.85. The van der Waals surface area contributed by atoms with E-state index in [0.717, 1.165) is 34.5 Å². The van der Waals surface area contributed by atoms with E-state index in [2.05, 4.69) is 11.5 Å². The molecule has 4 heteroatoms. The fraction of sp³-hybridized carbons (Fsp3) is 0.188. The van der Waals surface area contributed by atoms with Crippen LogP contribution < -0.4 is 0 Å². The van der Waals surface area contributed by atoms with Crippen LogP contribution in [0, 0.1) is 6.92 Å². The van der Waals surface area contributed by atoms with E-state index in [9.17, 15) is 5.11 Å². The van der Waals surface area contributed by atoms with Crippen molar-refractivity contribution in [2.45, 2.75) is 20.4 Å². The second kappa shape index (κ2) is 4.84. The number of aryl methyl sites for hydroxylation is 2. The molecule has 3 rings (SSSR count). The van der Waals surface area contributed by atoms with Crippen LogP contribution in [0.4, 0.5) is 0 Å². The molecule has 1 heterocycles. The third kappa shape index (κ3) is 1.95. The van der Waals surface area contributed by atoms with Crippen LogP contribution in [0.15, 0.2) is 36.4 Å². The number of imidazole rings is 1. The number of phenolic OH excluding ortho intramolecular Hbond substituents is 1. The minimum Gasteiger partial charge on any atom is -0.508 e. The molecule has 20 heavy (non-hydrogen) atoms. The fourth-order valence-corrected chi connectivity index (χ4v) is 2.83. The van der Waals surface area contributed by atoms with Gasteiger partial charge in [-0.2, -0.15) is 0 Å². The molecule has 0 atom stereocenters. The molecule has 102 valence electrons. The fourth-order valence-electron chi connectivity index (χ4n) is 2.55. The SMILES string of the molecule is CCn1c(-c2ccc(O)cc2C)nc2cccc(Cl)c21. The number of aromatic nitrogens is 2. The van der Waals surface area contributed by atoms with Crippen molar-refractivity contribution >= 4 is 22.6 Å². The van der Waals surface area contributed by atoms with Gasteiger partial charge in [0.1, 0.15) is 11.6 Å². The lowest BCUT2D eigenvalue weighted by atomic mass is 10.1. The molecule has 0 aliphatic carbocycles. The van der Waals surface area contributed by atoms with Gasteiger partial charge in [0.05, 0.1) is 16.1 Å². The molecular weight excluding hydrogens is 272 g/mol. The van der Waals surface area contributed by atoms with Gasteiger partial charge in [-0.3, -0.25) is 0 Å². The van der Waals surface area contributed by atoms with E-state index < -0.39 is 0 Å². The molecule has 0 unspecified atom stereocenters. The standard InChI is InChI=1S/C16H15ClN2O/c1-3-19-15-13(17)5-4-6-14(15)18-16(19)12-8-7-11(20)9-10(12)2/h4-9,20H,3H2,1-2H3. The predicted octanol–water partition coefficient (Wildman–Crippen LogP) is 4.39. The lowest BCUT2D eigenvalue weighted by Gasteiger charge is -2.09. The number of hydrogen-bond donors (Lipinski definition) is 1. The number of aromatic hydroxyl groups is 1. The normalized spacial score (nSPS) is 11.2. The minimum atomic E-state index is 0.267. The predicted molar refractivity (Wildman–Crippen MR) is 82.3 cm³/mol. The van der Waals surface area contributed by atoms with E-state index in [0.29, 0.717) is 5.02 Å². The number of phenols is 1. The second-order valence-corrected chi connectivity index (χ2v) is 5.19. The zero-order valence-electron chi connectivity index (χ0n) is 11.4. The molecular formula is C16H15ClN2O. The van der Waals surface area contributed by atoms with Crippen molar-refractivity contribution in [2.75, 3.05) is 0 Å². The zero-order valence-corrected chi connectivity index (χ0v) is 12.1. The topological polar surface area (TPSA) is 38.0 Å². The summed E-state index contributed by atoms with van der Waals surface area (Å²) in [6.07, 6.45) is 0. The van der Waals surface area contributed by atoms with Crippen LogP contribution in [0.1, 0.15) is 12.5 Å². The van der Waals surface area contributed by atoms with Crippen molar-refractivity contribution in [2.24, 2.45) is 0 Å². The summed E-state index contributed by atoms with van der Waals surface area (Å²) in [6.45, 7) is 4.83. The molecule has 0 spiro atoms. The maximum absolute atomic E-state index is 9.55. The Kier molecular flexibility index (Phi) is 3.14. The molecule has 0 bridgehead atoms. The van der Waals surface area contributed by atoms with E-state index in [1.165, 1.54) is 0 Å². The average Bonchev–Trinajstić information content (AvgIpc) is 2.78. The summed E-state index contributed by atoms with van der Waals surface area (Å²) in [5, 5.41) is 10.3. The molecule has 0 amide bonds. The molecule has 3 nitrogen and oxygen atoms in total. The highest BCUT2D eigenvalue weighted by Gasteiger charge is 2.15. The number of rotatable bonds is 2. The molecule has 0 aliphatic heterocycles. The van der Waals surface area contributed by atoms with Crippen LogP contribution in [0.5, 0.6) is 5.75 Å². The summed E-state index contributed by atoms with van der Waals surface area (Å²) < 4.78 is 2.11. The number of benzene rings is 2. The Morgan fingerprint density at radius 3 is 2.75 bits per heavy atom. The first-order valence-corrected chi connectivity index (χ1v) is 6.94. The van der Waals surface area contributed by atoms with Gasteiger partial charge in [-0.25, -0.2) is 4.98 Å². The van der Waals surface area contributed by atoms with Gasteiger partial charge in [0.25, 0.3) is 0 Å². The van der Waals surface area contributed by atoms with Gasteiger partial charge >= 0.3 is 0 Å². The Morgan fingerprint density at radius 1 is 1.25 bits per heavy atom. The van der Waals surface area contributed by atoms with Crippen molar-refractivity contribution in [1.29, 1.82) is 0 Å². The van der Waals surface area contributed by atoms with E-state index >= 15 is 0 Å². The van der Waals surface area contributed by atoms with Crippen LogP contribution in [0.2, 0.25) is 5.02 Å². The van der Waals surface area contributed by atoms with Crippen molar-refractivity contribution in [3.05, 3.63) is 47.0 Å². The number of hydrogen-bond acceptors (Lipinski definition) is 2. The van der Waals surface area contributed by atoms with Crippen LogP contribution in [0.3, 0.4) is 0 Å². The molecule has 0 saturated carbocycles. The summed E-state index contributed by atoms with van der Waals surface area (Å²) in [7, 11) is 0. The highest BCUT2D eigenvalue weighted by Crippen LogP contribution is 2.32. The first-order valence-electron chi connectivity index (χ1n) is 6.56. The first kappa shape index (κ1) is 13.0. The van der Waals surface area contributed by atoms with Crippen molar-refractivity contribution in [3.63, 3.8) is 0 Å². The summed E-state index contributed by atoms with van der Waals surface area (Å²) in [5.74, 6) is 1.15. The van der Waals surface area contributed by atoms with Crippen LogP contribution in [-0.4, -0.2) is 14.7 Å². The quantitative estimate of drug-likeness (QED) is 0.759. The first-order chi connectivity index (χ1) is 9.61. The monoisotopic (exact) mass is 286 g/mol. The number of halogens is 1. The largest absolute Gasteiger partial charge is 0.508 e. The van der Waals surface area contributed by atoms with Gasteiger partial charge in [0.15, 0.2) is 0 Å². The Morgan fingerprint density at radius 2 is 2.05 bits per heavy atom. The number of fused-ring (bicyclic) bond motifs is 1. The van der Waals surface area contributed by atoms with E-state index in [-0.39, 0.29) is 5.75 Å². The third-order valence-electron chi connectivity index (χ3n) is 3.48. The van der Waals surface area contributed by atoms with E-state index in [1.807, 2.05) is 31.2 Å². The van der Waals surface area contributed by atoms with E-state index in [1.54, 1.807) is 12.1 Å². The van der Waals surface area contributed by atoms with Crippen LogP contribution >= 0.6 is 11.6 Å². The second-order valence-electron chi connectivity index (χ2n) is 4.79. The molecule has 1 aromatic heterocycles. The van der Waals surface area contributed by atoms with Gasteiger partial charge in [0, 0.05) is 12.1 Å². The highest BCUT2D eigenvalue weighted by molar-refractivity contribution is 6.35. The summed E-state index contributed by atoms with van der Waals surface area (Å²) in [6, 6.07) is 11.1. The van der Waals surface area contributed by atoms with E-state index in [4.69, 9.17) is 16.6 Å². The Bertz CT molecular complexity index is 793. The Labute approximate surface area is 122 Å². The van der Waals surface area contributed by atoms with Gasteiger partial charge in [0.2, 0.25) is 0 Å². The maximum Gasteiger partial charge on any atom is 0.141 e. The van der Waals surface area contributed by atoms with Gasteiger partial charge in [-0.15, -0.1) is 0 Å². The van der Waals surface area contributed by atoms with Crippen molar-refractivity contribution in [1.82, 2.24) is 9.55 Å². The Hall–Kier alpha value is -2.00. The summed E-state index contributed by atoms with van der Waals surface area (Å²) in [4.78, 5) is 4.70. The zero-order chi connectivity index (χ0) is 14.3. The molecule has 0 radical (unpaired) electrons. The lowest BCUT2D eigenvalue weighted by molar-refractivity contribution is 0.475. The lowest BCUT2D eigenvalue weighted by Crippen LogP contribution is -1.99. The summed E-state index contributed by atoms with van der Waals surface area (Å²) >= 11 is 6.31. The van der Waals surface area contributed by atoms with Gasteiger partial charge < -0.3 is 9.67 Å². The molecule has 0 fully saturated rings. The van der Waals surface area contributed by atoms with Crippen molar-refractivity contribution < 1.29 is 5.11 Å². The molecule has 3 aromatic rings. The minimum absolute atomic E-state index is 0.267. The number of para-hydroxylation sites is 1. The van der Waals surface area contributed by atoms with Crippen LogP contribution in [0.25, 0.3) is 22.4 Å². The molecule has 1 N–H and O–H groups in total. The third-order valence-corrected chi connectivity index (χ3v) is 3.79. The molecule has 0 saturated heterocycles. The van der Waals surface area contributed by atoms with Crippen LogP contribution in [-0.2, 0) is 6.54 Å². The average molecular weight is 287 g/mol. The molecule has 0 aliphatic rings.